The fourth-order valence-corrected chi connectivity index (χ4v) is 1.39. The van der Waals surface area contributed by atoms with Gasteiger partial charge >= 0.3 is 0 Å². The van der Waals surface area contributed by atoms with Crippen molar-refractivity contribution in [2.24, 2.45) is 0 Å². The van der Waals surface area contributed by atoms with Crippen LogP contribution in [0, 0.1) is 0 Å². The predicted molar refractivity (Wildman–Crippen MR) is 51.5 cm³/mol. The quantitative estimate of drug-likeness (QED) is 0.922. The van der Waals surface area contributed by atoms with Gasteiger partial charge in [-0.2, -0.15) is 0 Å². The summed E-state index contributed by atoms with van der Waals surface area (Å²) in [7, 11) is 0. The van der Waals surface area contributed by atoms with Gasteiger partial charge in [-0.1, -0.05) is 6.92 Å². The lowest BCUT2D eigenvalue weighted by Gasteiger charge is -1.94. The van der Waals surface area contributed by atoms with Crippen molar-refractivity contribution in [3.63, 3.8) is 0 Å². The first-order valence-electron chi connectivity index (χ1n) is 3.38. The molecule has 0 bridgehead atoms. The van der Waals surface area contributed by atoms with Crippen molar-refractivity contribution in [2.75, 3.05) is 6.54 Å². The summed E-state index contributed by atoms with van der Waals surface area (Å²) < 4.78 is 7.04. The van der Waals surface area contributed by atoms with Gasteiger partial charge in [0.2, 0.25) is 0 Å². The summed E-state index contributed by atoms with van der Waals surface area (Å²) in [5.74, 6) is 0.936. The number of halogens is 2. The van der Waals surface area contributed by atoms with E-state index < -0.39 is 0 Å². The minimum atomic E-state index is 0.755. The Labute approximate surface area is 82.6 Å². The van der Waals surface area contributed by atoms with E-state index in [2.05, 4.69) is 44.1 Å². The normalized spacial score (nSPS) is 10.5. The third-order valence-corrected chi connectivity index (χ3v) is 2.96. The summed E-state index contributed by atoms with van der Waals surface area (Å²) in [6.45, 7) is 3.80. The van der Waals surface area contributed by atoms with Crippen LogP contribution in [0.1, 0.15) is 12.7 Å². The minimum Gasteiger partial charge on any atom is -0.452 e. The van der Waals surface area contributed by atoms with Crippen LogP contribution in [0.15, 0.2) is 19.6 Å². The van der Waals surface area contributed by atoms with Gasteiger partial charge in [-0.3, -0.25) is 0 Å². The molecule has 2 nitrogen and oxygen atoms in total. The molecule has 1 aromatic rings. The zero-order chi connectivity index (χ0) is 8.27. The second-order valence-corrected chi connectivity index (χ2v) is 3.69. The highest BCUT2D eigenvalue weighted by molar-refractivity contribution is 9.13. The summed E-state index contributed by atoms with van der Waals surface area (Å²) in [5.41, 5.74) is 0. The van der Waals surface area contributed by atoms with E-state index in [1.54, 1.807) is 0 Å². The molecule has 0 unspecified atom stereocenters. The Bertz CT molecular complexity index is 215. The van der Waals surface area contributed by atoms with Crippen LogP contribution in [-0.4, -0.2) is 6.54 Å². The largest absolute Gasteiger partial charge is 0.452 e. The van der Waals surface area contributed by atoms with Gasteiger partial charge in [0.15, 0.2) is 4.67 Å². The SMILES string of the molecule is CCNCc1cc(Br)c(Br)o1. The molecule has 0 radical (unpaired) electrons. The Hall–Kier alpha value is 0.200. The molecule has 1 heterocycles. The van der Waals surface area contributed by atoms with Crippen molar-refractivity contribution >= 4 is 31.9 Å². The average Bonchev–Trinajstić information content (AvgIpc) is 2.28. The molecule has 1 N–H and O–H groups in total. The Morgan fingerprint density at radius 3 is 2.73 bits per heavy atom. The van der Waals surface area contributed by atoms with Crippen LogP contribution in [-0.2, 0) is 6.54 Å². The minimum absolute atomic E-state index is 0.755. The van der Waals surface area contributed by atoms with Crippen molar-refractivity contribution in [1.82, 2.24) is 5.32 Å². The number of hydrogen-bond donors (Lipinski definition) is 1. The summed E-state index contributed by atoms with van der Waals surface area (Å²) in [4.78, 5) is 0. The zero-order valence-corrected chi connectivity index (χ0v) is 9.33. The van der Waals surface area contributed by atoms with Gasteiger partial charge < -0.3 is 9.73 Å². The van der Waals surface area contributed by atoms with Crippen LogP contribution < -0.4 is 5.32 Å². The van der Waals surface area contributed by atoms with E-state index >= 15 is 0 Å². The lowest BCUT2D eigenvalue weighted by atomic mass is 10.4. The van der Waals surface area contributed by atoms with Gasteiger partial charge in [-0.25, -0.2) is 0 Å². The Kier molecular flexibility index (Phi) is 3.62. The molecule has 0 aliphatic heterocycles. The van der Waals surface area contributed by atoms with Crippen LogP contribution in [0.5, 0.6) is 0 Å². The smallest absolute Gasteiger partial charge is 0.183 e. The maximum atomic E-state index is 5.32. The summed E-state index contributed by atoms with van der Waals surface area (Å²) >= 11 is 6.61. The molecule has 0 aliphatic carbocycles. The molecule has 1 rings (SSSR count). The fourth-order valence-electron chi connectivity index (χ4n) is 0.727. The first-order valence-corrected chi connectivity index (χ1v) is 4.97. The van der Waals surface area contributed by atoms with E-state index in [-0.39, 0.29) is 0 Å². The first-order chi connectivity index (χ1) is 5.24. The third-order valence-electron chi connectivity index (χ3n) is 1.25. The molecule has 0 spiro atoms. The van der Waals surface area contributed by atoms with Crippen LogP contribution in [0.4, 0.5) is 0 Å². The molecule has 4 heteroatoms. The second kappa shape index (κ2) is 4.28. The molecule has 62 valence electrons. The molecule has 11 heavy (non-hydrogen) atoms. The molecule has 1 aromatic heterocycles. The maximum absolute atomic E-state index is 5.32. The number of furan rings is 1. The van der Waals surface area contributed by atoms with Gasteiger partial charge in [0, 0.05) is 0 Å². The van der Waals surface area contributed by atoms with Crippen LogP contribution >= 0.6 is 31.9 Å². The highest BCUT2D eigenvalue weighted by Gasteiger charge is 2.04. The first kappa shape index (κ1) is 9.29. The molecule has 0 saturated carbocycles. The van der Waals surface area contributed by atoms with Gasteiger partial charge in [-0.15, -0.1) is 0 Å². The van der Waals surface area contributed by atoms with Crippen molar-refractivity contribution in [1.29, 1.82) is 0 Å². The van der Waals surface area contributed by atoms with E-state index in [0.29, 0.717) is 0 Å². The fraction of sp³-hybridized carbons (Fsp3) is 0.429. The van der Waals surface area contributed by atoms with Crippen LogP contribution in [0.2, 0.25) is 0 Å². The highest BCUT2D eigenvalue weighted by Crippen LogP contribution is 2.26. The molecule has 0 fully saturated rings. The standard InChI is InChI=1S/C7H9Br2NO/c1-2-10-4-5-3-6(8)7(9)11-5/h3,10H,2,4H2,1H3. The van der Waals surface area contributed by atoms with Crippen molar-refractivity contribution in [3.8, 4) is 0 Å². The van der Waals surface area contributed by atoms with E-state index in [1.807, 2.05) is 6.07 Å². The van der Waals surface area contributed by atoms with E-state index in [0.717, 1.165) is 28.0 Å². The van der Waals surface area contributed by atoms with E-state index in [9.17, 15) is 0 Å². The lowest BCUT2D eigenvalue weighted by molar-refractivity contribution is 0.468. The maximum Gasteiger partial charge on any atom is 0.183 e. The van der Waals surface area contributed by atoms with Gasteiger partial charge in [0.25, 0.3) is 0 Å². The summed E-state index contributed by atoms with van der Waals surface area (Å²) in [5, 5.41) is 3.17. The van der Waals surface area contributed by atoms with Crippen LogP contribution in [0.3, 0.4) is 0 Å². The predicted octanol–water partition coefficient (Wildman–Crippen LogP) is 2.91. The Balaban J connectivity index is 2.58. The number of hydrogen-bond acceptors (Lipinski definition) is 2. The topological polar surface area (TPSA) is 25.2 Å². The molecule has 0 aliphatic rings. The van der Waals surface area contributed by atoms with Crippen molar-refractivity contribution in [3.05, 3.63) is 21.0 Å². The van der Waals surface area contributed by atoms with Crippen molar-refractivity contribution in [2.45, 2.75) is 13.5 Å². The molecule has 0 atom stereocenters. The van der Waals surface area contributed by atoms with Gasteiger partial charge in [-0.05, 0) is 44.5 Å². The Morgan fingerprint density at radius 2 is 2.27 bits per heavy atom. The van der Waals surface area contributed by atoms with Crippen LogP contribution in [0.25, 0.3) is 0 Å². The lowest BCUT2D eigenvalue weighted by Crippen LogP contribution is -2.10. The third kappa shape index (κ3) is 2.61. The summed E-state index contributed by atoms with van der Waals surface area (Å²) in [6, 6.07) is 1.95. The molecule has 0 amide bonds. The molecule has 0 saturated heterocycles. The molecular formula is C7H9Br2NO. The van der Waals surface area contributed by atoms with Crippen molar-refractivity contribution < 1.29 is 4.42 Å². The molecular weight excluding hydrogens is 274 g/mol. The Morgan fingerprint density at radius 1 is 1.55 bits per heavy atom. The molecule has 0 aromatic carbocycles. The monoisotopic (exact) mass is 281 g/mol. The number of nitrogens with one attached hydrogen (secondary N) is 1. The number of rotatable bonds is 3. The van der Waals surface area contributed by atoms with Gasteiger partial charge in [0.1, 0.15) is 5.76 Å². The summed E-state index contributed by atoms with van der Waals surface area (Å²) in [6.07, 6.45) is 0. The van der Waals surface area contributed by atoms with E-state index in [1.165, 1.54) is 0 Å². The van der Waals surface area contributed by atoms with E-state index in [4.69, 9.17) is 4.42 Å². The average molecular weight is 283 g/mol. The zero-order valence-electron chi connectivity index (χ0n) is 6.16. The highest BCUT2D eigenvalue weighted by atomic mass is 79.9. The van der Waals surface area contributed by atoms with Gasteiger partial charge in [0.05, 0.1) is 11.0 Å². The second-order valence-electron chi connectivity index (χ2n) is 2.11.